The highest BCUT2D eigenvalue weighted by Crippen LogP contribution is 2.37. The van der Waals surface area contributed by atoms with Gasteiger partial charge in [-0.15, -0.1) is 0 Å². The minimum absolute atomic E-state index is 1.09. The molecule has 4 heteroatoms. The monoisotopic (exact) mass is 840 g/mol. The van der Waals surface area contributed by atoms with E-state index in [1.807, 2.05) is 0 Å². The number of hydrogen-bond donors (Lipinski definition) is 0. The summed E-state index contributed by atoms with van der Waals surface area (Å²) in [5, 5.41) is 12.0. The normalized spacial score (nSPS) is 11.9. The maximum absolute atomic E-state index is 2.43. The van der Waals surface area contributed by atoms with E-state index in [4.69, 9.17) is 0 Å². The summed E-state index contributed by atoms with van der Waals surface area (Å²) in [5.41, 5.74) is 13.6. The predicted octanol–water partition coefficient (Wildman–Crippen LogP) is 16.4. The fourth-order valence-electron chi connectivity index (χ4n) is 10.8. The summed E-state index contributed by atoms with van der Waals surface area (Å²) >= 11 is 0. The second kappa shape index (κ2) is 14.3. The summed E-state index contributed by atoms with van der Waals surface area (Å²) in [7, 11) is 0. The Morgan fingerprint density at radius 2 is 0.576 bits per heavy atom. The SMILES string of the molecule is c1ccc(-n2c3ccccc3c3ccc(-n4c5cccc(c5)c5cccc(c5)n(-c5ccc6c7ccccc7n(-c7ccccc7)c6c5)c5ccc6ccc7ccc4cc7c6c5)cc32)cc1. The van der Waals surface area contributed by atoms with Crippen molar-refractivity contribution in [2.24, 2.45) is 0 Å². The van der Waals surface area contributed by atoms with E-state index >= 15 is 0 Å². The number of nitrogens with zero attached hydrogens (tertiary/aromatic N) is 4. The summed E-state index contributed by atoms with van der Waals surface area (Å²) < 4.78 is 9.67. The number of aromatic nitrogens is 4. The van der Waals surface area contributed by atoms with Crippen LogP contribution < -0.4 is 0 Å². The Bertz CT molecular complexity index is 4050. The van der Waals surface area contributed by atoms with Crippen LogP contribution in [-0.2, 0) is 0 Å². The Kier molecular flexibility index (Phi) is 7.95. The molecule has 308 valence electrons. The van der Waals surface area contributed by atoms with Gasteiger partial charge in [0, 0.05) is 66.4 Å². The average Bonchev–Trinajstić information content (AvgIpc) is 3.89. The van der Waals surface area contributed by atoms with Gasteiger partial charge < -0.3 is 18.3 Å². The maximum Gasteiger partial charge on any atom is 0.0561 e. The second-order valence-electron chi connectivity index (χ2n) is 17.4. The highest BCUT2D eigenvalue weighted by atomic mass is 15.0. The lowest BCUT2D eigenvalue weighted by atomic mass is 10.0. The molecule has 0 unspecified atom stereocenters. The molecule has 14 rings (SSSR count). The lowest BCUT2D eigenvalue weighted by Crippen LogP contribution is -2.00. The molecule has 3 aromatic heterocycles. The standard InChI is InChI=1S/C62H40N4/c1-3-15-45(16-4-1)65-59-23-9-7-21-53(59)55-33-31-51(39-61(55)65)63-47-19-11-13-43(35-47)44-14-12-20-48(36-44)64(50-30-28-42-26-25-41-27-29-49(63)37-57(41)58(42)38-50)52-32-34-56-54-22-8-10-24-60(54)66(62(56)40-52)46-17-5-2-6-18-46/h1-40H. The highest BCUT2D eigenvalue weighted by Gasteiger charge is 2.16. The molecule has 0 saturated heterocycles. The van der Waals surface area contributed by atoms with Crippen LogP contribution in [0.2, 0.25) is 0 Å². The van der Waals surface area contributed by atoms with Crippen LogP contribution in [0.3, 0.4) is 0 Å². The van der Waals surface area contributed by atoms with Gasteiger partial charge in [-0.25, -0.2) is 0 Å². The average molecular weight is 841 g/mol. The van der Waals surface area contributed by atoms with Crippen molar-refractivity contribution in [3.63, 3.8) is 0 Å². The predicted molar refractivity (Wildman–Crippen MR) is 279 cm³/mol. The van der Waals surface area contributed by atoms with Gasteiger partial charge in [-0.1, -0.05) is 133 Å². The van der Waals surface area contributed by atoms with Crippen molar-refractivity contribution in [3.8, 4) is 22.7 Å². The van der Waals surface area contributed by atoms with Gasteiger partial charge in [0.25, 0.3) is 0 Å². The van der Waals surface area contributed by atoms with Gasteiger partial charge in [0.2, 0.25) is 0 Å². The number of benzene rings is 11. The zero-order chi connectivity index (χ0) is 43.3. The summed E-state index contributed by atoms with van der Waals surface area (Å²) in [6.45, 7) is 0. The Labute approximate surface area is 380 Å². The third-order valence-corrected chi connectivity index (χ3v) is 13.7. The summed E-state index contributed by atoms with van der Waals surface area (Å²) in [5.74, 6) is 0. The number of fused-ring (bicyclic) bond motifs is 13. The zero-order valence-corrected chi connectivity index (χ0v) is 35.9. The first-order valence-corrected chi connectivity index (χ1v) is 22.7. The van der Waals surface area contributed by atoms with E-state index in [0.717, 1.165) is 55.6 Å². The molecule has 0 fully saturated rings. The third kappa shape index (κ3) is 5.58. The molecule has 11 aromatic carbocycles. The van der Waals surface area contributed by atoms with E-state index in [-0.39, 0.29) is 0 Å². The molecule has 8 bridgehead atoms. The van der Waals surface area contributed by atoms with Gasteiger partial charge in [-0.05, 0) is 142 Å². The zero-order valence-electron chi connectivity index (χ0n) is 35.9. The van der Waals surface area contributed by atoms with Crippen molar-refractivity contribution in [2.75, 3.05) is 0 Å². The molecule has 66 heavy (non-hydrogen) atoms. The van der Waals surface area contributed by atoms with Crippen molar-refractivity contribution < 1.29 is 0 Å². The topological polar surface area (TPSA) is 19.7 Å². The van der Waals surface area contributed by atoms with Crippen LogP contribution in [0.15, 0.2) is 243 Å². The molecule has 0 atom stereocenters. The van der Waals surface area contributed by atoms with E-state index in [1.54, 1.807) is 0 Å². The van der Waals surface area contributed by atoms with Crippen molar-refractivity contribution >= 4 is 98.0 Å². The first kappa shape index (κ1) is 36.6. The minimum atomic E-state index is 1.09. The summed E-state index contributed by atoms with van der Waals surface area (Å²) in [6, 6.07) is 89.4. The smallest absolute Gasteiger partial charge is 0.0561 e. The molecule has 0 spiro atoms. The molecular weight excluding hydrogens is 801 g/mol. The minimum Gasteiger partial charge on any atom is -0.310 e. The van der Waals surface area contributed by atoms with Crippen LogP contribution in [0, 0.1) is 0 Å². The largest absolute Gasteiger partial charge is 0.310 e. The van der Waals surface area contributed by atoms with Crippen molar-refractivity contribution in [1.29, 1.82) is 0 Å². The first-order chi connectivity index (χ1) is 32.7. The van der Waals surface area contributed by atoms with Crippen LogP contribution in [0.5, 0.6) is 0 Å². The van der Waals surface area contributed by atoms with E-state index < -0.39 is 0 Å². The highest BCUT2D eigenvalue weighted by molar-refractivity contribution is 6.13. The van der Waals surface area contributed by atoms with Crippen molar-refractivity contribution in [1.82, 2.24) is 18.3 Å². The third-order valence-electron chi connectivity index (χ3n) is 13.7. The van der Waals surface area contributed by atoms with Crippen LogP contribution >= 0.6 is 0 Å². The molecule has 14 aromatic rings. The van der Waals surface area contributed by atoms with Crippen LogP contribution in [0.25, 0.3) is 121 Å². The molecule has 0 aliphatic carbocycles. The Morgan fingerprint density at radius 1 is 0.182 bits per heavy atom. The molecule has 4 nitrogen and oxygen atoms in total. The van der Waals surface area contributed by atoms with Gasteiger partial charge in [0.15, 0.2) is 0 Å². The number of para-hydroxylation sites is 4. The number of rotatable bonds is 4. The molecule has 3 heterocycles. The number of hydrogen-bond acceptors (Lipinski definition) is 0. The fourth-order valence-corrected chi connectivity index (χ4v) is 10.8. The van der Waals surface area contributed by atoms with Gasteiger partial charge in [-0.3, -0.25) is 0 Å². The molecular formula is C62H40N4. The molecule has 0 aliphatic rings. The van der Waals surface area contributed by atoms with Crippen LogP contribution in [0.4, 0.5) is 0 Å². The quantitative estimate of drug-likeness (QED) is 0.157. The van der Waals surface area contributed by atoms with Gasteiger partial charge in [-0.2, -0.15) is 0 Å². The van der Waals surface area contributed by atoms with Gasteiger partial charge in [0.05, 0.1) is 22.1 Å². The van der Waals surface area contributed by atoms with Crippen molar-refractivity contribution in [3.05, 3.63) is 243 Å². The van der Waals surface area contributed by atoms with Gasteiger partial charge in [0.1, 0.15) is 0 Å². The summed E-state index contributed by atoms with van der Waals surface area (Å²) in [6.07, 6.45) is 0. The van der Waals surface area contributed by atoms with Crippen LogP contribution in [0.1, 0.15) is 0 Å². The molecule has 0 saturated carbocycles. The first-order valence-electron chi connectivity index (χ1n) is 22.7. The molecule has 0 aliphatic heterocycles. The van der Waals surface area contributed by atoms with E-state index in [1.165, 1.54) is 65.2 Å². The Balaban J connectivity index is 1.09. The van der Waals surface area contributed by atoms with Crippen LogP contribution in [-0.4, -0.2) is 18.3 Å². The van der Waals surface area contributed by atoms with Crippen molar-refractivity contribution in [2.45, 2.75) is 0 Å². The van der Waals surface area contributed by atoms with E-state index in [0.29, 0.717) is 0 Å². The van der Waals surface area contributed by atoms with E-state index in [2.05, 4.69) is 261 Å². The lowest BCUT2D eigenvalue weighted by molar-refractivity contribution is 1.14. The maximum atomic E-state index is 2.43. The fraction of sp³-hybridized carbons (Fsp3) is 0. The molecule has 0 radical (unpaired) electrons. The van der Waals surface area contributed by atoms with Gasteiger partial charge >= 0.3 is 0 Å². The van der Waals surface area contributed by atoms with E-state index in [9.17, 15) is 0 Å². The summed E-state index contributed by atoms with van der Waals surface area (Å²) in [4.78, 5) is 0. The second-order valence-corrected chi connectivity index (χ2v) is 17.4. The molecule has 0 amide bonds. The Hall–Kier alpha value is -8.86. The lowest BCUT2D eigenvalue weighted by Gasteiger charge is -2.16. The Morgan fingerprint density at radius 3 is 1.05 bits per heavy atom. The molecule has 0 N–H and O–H groups in total.